The number of hydrogen-bond donors (Lipinski definition) is 2. The second-order valence-electron chi connectivity index (χ2n) is 7.42. The molecule has 0 aromatic carbocycles. The van der Waals surface area contributed by atoms with Crippen LogP contribution in [0.3, 0.4) is 0 Å². The van der Waals surface area contributed by atoms with E-state index in [-0.39, 0.29) is 0 Å². The first kappa shape index (κ1) is 29.5. The number of aliphatic carboxylic acids is 2. The number of fused-ring (bicyclic) bond motifs is 1. The van der Waals surface area contributed by atoms with Gasteiger partial charge in [-0.2, -0.15) is 31.4 Å². The minimum absolute atomic E-state index is 0.762. The van der Waals surface area contributed by atoms with Crippen molar-refractivity contribution in [2.75, 3.05) is 49.2 Å². The van der Waals surface area contributed by atoms with Gasteiger partial charge in [-0.15, -0.1) is 5.10 Å². The number of carboxylic acid groups (broad SMARTS) is 2. The zero-order chi connectivity index (χ0) is 27.6. The predicted molar refractivity (Wildman–Crippen MR) is 114 cm³/mol. The van der Waals surface area contributed by atoms with Crippen molar-refractivity contribution >= 4 is 23.7 Å². The Morgan fingerprint density at radius 1 is 0.811 bits per heavy atom. The first-order valence-electron chi connectivity index (χ1n) is 10.6. The number of anilines is 2. The van der Waals surface area contributed by atoms with Crippen LogP contribution in [0.5, 0.6) is 0 Å². The van der Waals surface area contributed by atoms with Gasteiger partial charge in [-0.3, -0.25) is 0 Å². The molecule has 11 nitrogen and oxygen atoms in total. The molecule has 4 heterocycles. The first-order chi connectivity index (χ1) is 17.3. The number of rotatable bonds is 2. The maximum atomic E-state index is 10.6. The number of morpholine rings is 1. The number of nitrogens with zero attached hydrogens (tertiary/aromatic N) is 6. The van der Waals surface area contributed by atoms with Gasteiger partial charge in [0.1, 0.15) is 0 Å². The molecular formula is C20H22F6N6O5. The van der Waals surface area contributed by atoms with Crippen LogP contribution in [0.25, 0.3) is 0 Å². The minimum atomic E-state index is -5.08. The summed E-state index contributed by atoms with van der Waals surface area (Å²) in [6, 6.07) is 4.04. The number of carbonyl (C=O) groups is 2. The Morgan fingerprint density at radius 3 is 1.84 bits per heavy atom. The molecule has 2 aliphatic heterocycles. The van der Waals surface area contributed by atoms with Crippen molar-refractivity contribution in [3.63, 3.8) is 0 Å². The lowest BCUT2D eigenvalue weighted by molar-refractivity contribution is -0.193. The van der Waals surface area contributed by atoms with Gasteiger partial charge in [-0.05, 0) is 24.1 Å². The number of ether oxygens (including phenoxy) is 1. The van der Waals surface area contributed by atoms with Crippen LogP contribution in [0, 0.1) is 0 Å². The Labute approximate surface area is 205 Å². The highest BCUT2D eigenvalue weighted by atomic mass is 19.4. The zero-order valence-corrected chi connectivity index (χ0v) is 19.0. The van der Waals surface area contributed by atoms with E-state index in [4.69, 9.17) is 24.5 Å². The van der Waals surface area contributed by atoms with Crippen LogP contribution in [-0.4, -0.2) is 94.1 Å². The van der Waals surface area contributed by atoms with E-state index >= 15 is 0 Å². The smallest absolute Gasteiger partial charge is 0.475 e. The van der Waals surface area contributed by atoms with E-state index in [9.17, 15) is 26.3 Å². The molecule has 0 amide bonds. The predicted octanol–water partition coefficient (Wildman–Crippen LogP) is 1.97. The number of hydrogen-bond acceptors (Lipinski definition) is 9. The molecule has 0 atom stereocenters. The average Bonchev–Trinajstić information content (AvgIpc) is 3.07. The highest BCUT2D eigenvalue weighted by Gasteiger charge is 2.38. The molecule has 0 aliphatic carbocycles. The summed E-state index contributed by atoms with van der Waals surface area (Å²) >= 11 is 0. The summed E-state index contributed by atoms with van der Waals surface area (Å²) < 4.78 is 68.9. The van der Waals surface area contributed by atoms with Gasteiger partial charge in [0.15, 0.2) is 5.82 Å². The van der Waals surface area contributed by atoms with Crippen molar-refractivity contribution in [1.29, 1.82) is 0 Å². The Morgan fingerprint density at radius 2 is 1.32 bits per heavy atom. The topological polar surface area (TPSA) is 142 Å². The first-order valence-corrected chi connectivity index (χ1v) is 10.6. The summed E-state index contributed by atoms with van der Waals surface area (Å²) in [6.45, 7) is 5.08. The third kappa shape index (κ3) is 9.66. The van der Waals surface area contributed by atoms with Crippen molar-refractivity contribution in [3.8, 4) is 0 Å². The van der Waals surface area contributed by atoms with E-state index in [0.29, 0.717) is 0 Å². The molecule has 0 saturated carbocycles. The largest absolute Gasteiger partial charge is 0.490 e. The lowest BCUT2D eigenvalue weighted by Gasteiger charge is -2.27. The molecule has 1 fully saturated rings. The van der Waals surface area contributed by atoms with Crippen LogP contribution in [0.15, 0.2) is 24.5 Å². The van der Waals surface area contributed by atoms with Gasteiger partial charge in [0, 0.05) is 45.0 Å². The van der Waals surface area contributed by atoms with E-state index in [0.717, 1.165) is 69.7 Å². The third-order valence-corrected chi connectivity index (χ3v) is 4.87. The highest BCUT2D eigenvalue weighted by molar-refractivity contribution is 5.73. The van der Waals surface area contributed by atoms with Crippen molar-refractivity contribution in [3.05, 3.63) is 35.8 Å². The van der Waals surface area contributed by atoms with E-state index in [2.05, 4.69) is 36.0 Å². The number of halogens is 6. The fraction of sp³-hybridized carbons (Fsp3) is 0.500. The third-order valence-electron chi connectivity index (χ3n) is 4.87. The number of alkyl halides is 6. The molecular weight excluding hydrogens is 518 g/mol. The molecule has 1 saturated heterocycles. The lowest BCUT2D eigenvalue weighted by atomic mass is 10.1. The fourth-order valence-corrected chi connectivity index (χ4v) is 3.08. The molecule has 17 heteroatoms. The van der Waals surface area contributed by atoms with E-state index < -0.39 is 24.3 Å². The number of carboxylic acids is 2. The van der Waals surface area contributed by atoms with E-state index in [1.165, 1.54) is 5.56 Å². The number of aromatic nitrogens is 4. The molecule has 2 aromatic rings. The molecule has 0 unspecified atom stereocenters. The van der Waals surface area contributed by atoms with Gasteiger partial charge in [0.05, 0.1) is 18.9 Å². The summed E-state index contributed by atoms with van der Waals surface area (Å²) in [6.07, 6.45) is -4.77. The summed E-state index contributed by atoms with van der Waals surface area (Å²) in [5.41, 5.74) is 2.39. The molecule has 0 spiro atoms. The van der Waals surface area contributed by atoms with Crippen molar-refractivity contribution < 1.29 is 50.9 Å². The van der Waals surface area contributed by atoms with Crippen LogP contribution in [0.2, 0.25) is 0 Å². The minimum Gasteiger partial charge on any atom is -0.475 e. The maximum absolute atomic E-state index is 10.6. The lowest BCUT2D eigenvalue weighted by Crippen LogP contribution is -2.37. The van der Waals surface area contributed by atoms with Gasteiger partial charge >= 0.3 is 24.3 Å². The van der Waals surface area contributed by atoms with Crippen molar-refractivity contribution in [2.45, 2.75) is 25.2 Å². The SMILES string of the molecule is O=C(O)C(F)(F)F.O=C(O)C(F)(F)F.c1cnc(N2CCc3cc(N4CCOCC4)nnc3CC2)nc1. The second-order valence-corrected chi connectivity index (χ2v) is 7.42. The van der Waals surface area contributed by atoms with Gasteiger partial charge in [-0.1, -0.05) is 0 Å². The van der Waals surface area contributed by atoms with Gasteiger partial charge in [0.2, 0.25) is 5.95 Å². The Bertz CT molecular complexity index is 1010. The molecule has 2 aromatic heterocycles. The standard InChI is InChI=1S/C16H20N6O.2C2HF3O2/c1-4-17-16(18-5-1)22-6-2-13-12-15(20-19-14(13)3-7-22)21-8-10-23-11-9-21;2*3-2(4,5)1(6)7/h1,4-5,12H,2-3,6-11H2;2*(H,6,7). The van der Waals surface area contributed by atoms with Crippen molar-refractivity contribution in [1.82, 2.24) is 20.2 Å². The zero-order valence-electron chi connectivity index (χ0n) is 19.0. The molecule has 0 bridgehead atoms. The molecule has 2 aliphatic rings. The monoisotopic (exact) mass is 540 g/mol. The van der Waals surface area contributed by atoms with Crippen LogP contribution in [-0.2, 0) is 27.2 Å². The quantitative estimate of drug-likeness (QED) is 0.540. The van der Waals surface area contributed by atoms with Gasteiger partial charge in [0.25, 0.3) is 0 Å². The van der Waals surface area contributed by atoms with Crippen LogP contribution < -0.4 is 9.80 Å². The summed E-state index contributed by atoms with van der Waals surface area (Å²) in [4.78, 5) is 31.0. The average molecular weight is 540 g/mol. The van der Waals surface area contributed by atoms with Gasteiger partial charge < -0.3 is 24.7 Å². The van der Waals surface area contributed by atoms with Crippen LogP contribution in [0.1, 0.15) is 11.3 Å². The van der Waals surface area contributed by atoms with Crippen molar-refractivity contribution in [2.24, 2.45) is 0 Å². The molecule has 4 rings (SSSR count). The van der Waals surface area contributed by atoms with E-state index in [1.54, 1.807) is 12.4 Å². The van der Waals surface area contributed by atoms with Crippen LogP contribution in [0.4, 0.5) is 38.1 Å². The normalized spacial score (nSPS) is 15.7. The van der Waals surface area contributed by atoms with Crippen LogP contribution >= 0.6 is 0 Å². The Kier molecular flexibility index (Phi) is 10.3. The maximum Gasteiger partial charge on any atom is 0.490 e. The summed E-state index contributed by atoms with van der Waals surface area (Å²) in [7, 11) is 0. The van der Waals surface area contributed by atoms with Gasteiger partial charge in [-0.25, -0.2) is 19.6 Å². The highest BCUT2D eigenvalue weighted by Crippen LogP contribution is 2.21. The molecule has 0 radical (unpaired) electrons. The Balaban J connectivity index is 0.000000286. The summed E-state index contributed by atoms with van der Waals surface area (Å²) in [5.74, 6) is -3.75. The summed E-state index contributed by atoms with van der Waals surface area (Å²) in [5, 5.41) is 23.2. The van der Waals surface area contributed by atoms with E-state index in [1.807, 2.05) is 6.07 Å². The fourth-order valence-electron chi connectivity index (χ4n) is 3.08. The molecule has 37 heavy (non-hydrogen) atoms. The Hall–Kier alpha value is -3.76. The second kappa shape index (κ2) is 13.0. The molecule has 204 valence electrons. The molecule has 2 N–H and O–H groups in total.